The van der Waals surface area contributed by atoms with Gasteiger partial charge in [0.25, 0.3) is 0 Å². The van der Waals surface area contributed by atoms with Crippen molar-refractivity contribution in [1.29, 1.82) is 0 Å². The second-order valence-corrected chi connectivity index (χ2v) is 3.81. The molecular weight excluding hydrogens is 152 g/mol. The maximum Gasteiger partial charge on any atom is 0.120 e. The molecule has 0 aliphatic carbocycles. The highest BCUT2D eigenvalue weighted by Crippen LogP contribution is 2.28. The number of hydrogen-bond acceptors (Lipinski definition) is 2. The van der Waals surface area contributed by atoms with E-state index in [1.54, 1.807) is 5.94 Å². The average molecular weight is 170 g/mol. The Morgan fingerprint density at radius 1 is 1.58 bits per heavy atom. The number of rotatable bonds is 5. The monoisotopic (exact) mass is 170 g/mol. The summed E-state index contributed by atoms with van der Waals surface area (Å²) in [5.74, 6) is 1.68. The summed E-state index contributed by atoms with van der Waals surface area (Å²) in [6.45, 7) is 6.11. The largest absolute Gasteiger partial charge is 0.392 e. The molecule has 2 heteroatoms. The zero-order valence-electron chi connectivity index (χ0n) is 8.13. The molecule has 0 rings (SSSR count). The van der Waals surface area contributed by atoms with E-state index in [4.69, 9.17) is 0 Å². The predicted molar refractivity (Wildman–Crippen MR) is 49.6 cm³/mol. The third kappa shape index (κ3) is 3.70. The molecule has 0 saturated carbocycles. The Bertz CT molecular complexity index is 167. The molecule has 0 fully saturated rings. The van der Waals surface area contributed by atoms with E-state index in [1.165, 1.54) is 6.08 Å². The van der Waals surface area contributed by atoms with Gasteiger partial charge >= 0.3 is 0 Å². The fraction of sp³-hybridized carbons (Fsp3) is 0.800. The minimum absolute atomic E-state index is 0.0951. The van der Waals surface area contributed by atoms with Gasteiger partial charge in [0.05, 0.1) is 6.10 Å². The summed E-state index contributed by atoms with van der Waals surface area (Å²) in [5.41, 5.74) is -0.0951. The van der Waals surface area contributed by atoms with Crippen LogP contribution in [0.5, 0.6) is 0 Å². The first kappa shape index (κ1) is 11.4. The SMILES string of the molecule is CCCC(C)(C)C(O)CC=C=O. The second kappa shape index (κ2) is 5.13. The Morgan fingerprint density at radius 2 is 2.17 bits per heavy atom. The van der Waals surface area contributed by atoms with Crippen molar-refractivity contribution in [3.05, 3.63) is 6.08 Å². The zero-order valence-corrected chi connectivity index (χ0v) is 8.13. The van der Waals surface area contributed by atoms with Crippen LogP contribution in [0.15, 0.2) is 6.08 Å². The van der Waals surface area contributed by atoms with E-state index >= 15 is 0 Å². The van der Waals surface area contributed by atoms with Gasteiger partial charge in [-0.15, -0.1) is 0 Å². The lowest BCUT2D eigenvalue weighted by atomic mass is 9.81. The highest BCUT2D eigenvalue weighted by molar-refractivity contribution is 5.44. The third-order valence-corrected chi connectivity index (χ3v) is 2.22. The molecule has 12 heavy (non-hydrogen) atoms. The first-order valence-corrected chi connectivity index (χ1v) is 4.42. The summed E-state index contributed by atoms with van der Waals surface area (Å²) in [6, 6.07) is 0. The van der Waals surface area contributed by atoms with Crippen LogP contribution in [-0.4, -0.2) is 17.2 Å². The van der Waals surface area contributed by atoms with Crippen molar-refractivity contribution in [2.75, 3.05) is 0 Å². The van der Waals surface area contributed by atoms with Gasteiger partial charge in [-0.2, -0.15) is 0 Å². The van der Waals surface area contributed by atoms with Crippen LogP contribution in [0.2, 0.25) is 0 Å². The molecule has 1 atom stereocenters. The first-order chi connectivity index (χ1) is 5.54. The molecular formula is C10H18O2. The first-order valence-electron chi connectivity index (χ1n) is 4.42. The van der Waals surface area contributed by atoms with Crippen LogP contribution in [0, 0.1) is 5.41 Å². The Kier molecular flexibility index (Phi) is 4.87. The number of hydrogen-bond donors (Lipinski definition) is 1. The summed E-state index contributed by atoms with van der Waals surface area (Å²) in [5, 5.41) is 9.63. The molecule has 0 heterocycles. The molecule has 0 aromatic heterocycles. The van der Waals surface area contributed by atoms with Crippen molar-refractivity contribution in [3.63, 3.8) is 0 Å². The molecule has 0 aromatic carbocycles. The van der Waals surface area contributed by atoms with Gasteiger partial charge < -0.3 is 5.11 Å². The van der Waals surface area contributed by atoms with Crippen molar-refractivity contribution in [1.82, 2.24) is 0 Å². The quantitative estimate of drug-likeness (QED) is 0.640. The Hall–Kier alpha value is -0.590. The molecule has 0 amide bonds. The summed E-state index contributed by atoms with van der Waals surface area (Å²) in [4.78, 5) is 9.90. The minimum Gasteiger partial charge on any atom is -0.392 e. The molecule has 0 spiro atoms. The number of aliphatic hydroxyl groups is 1. The third-order valence-electron chi connectivity index (χ3n) is 2.22. The number of carbonyl (C=O) groups excluding carboxylic acids is 1. The number of aliphatic hydroxyl groups excluding tert-OH is 1. The highest BCUT2D eigenvalue weighted by Gasteiger charge is 2.25. The van der Waals surface area contributed by atoms with Crippen molar-refractivity contribution in [2.24, 2.45) is 5.41 Å². The van der Waals surface area contributed by atoms with Crippen LogP contribution in [0.4, 0.5) is 0 Å². The van der Waals surface area contributed by atoms with Crippen LogP contribution in [0.3, 0.4) is 0 Å². The highest BCUT2D eigenvalue weighted by atomic mass is 16.3. The van der Waals surface area contributed by atoms with Crippen molar-refractivity contribution in [3.8, 4) is 0 Å². The van der Waals surface area contributed by atoms with E-state index in [0.717, 1.165) is 12.8 Å². The van der Waals surface area contributed by atoms with Gasteiger partial charge in [0.2, 0.25) is 0 Å². The molecule has 0 aliphatic heterocycles. The molecule has 0 bridgehead atoms. The van der Waals surface area contributed by atoms with Gasteiger partial charge in [0.15, 0.2) is 0 Å². The molecule has 0 radical (unpaired) electrons. The molecule has 0 saturated heterocycles. The summed E-state index contributed by atoms with van der Waals surface area (Å²) in [6.07, 6.45) is 3.35. The van der Waals surface area contributed by atoms with Crippen molar-refractivity contribution >= 4 is 5.94 Å². The molecule has 2 nitrogen and oxygen atoms in total. The molecule has 0 aromatic rings. The lowest BCUT2D eigenvalue weighted by Gasteiger charge is -2.29. The molecule has 1 unspecified atom stereocenters. The van der Waals surface area contributed by atoms with Crippen molar-refractivity contribution < 1.29 is 9.90 Å². The van der Waals surface area contributed by atoms with Gasteiger partial charge in [0.1, 0.15) is 5.94 Å². The van der Waals surface area contributed by atoms with Gasteiger partial charge in [-0.1, -0.05) is 27.2 Å². The second-order valence-electron chi connectivity index (χ2n) is 3.81. The van der Waals surface area contributed by atoms with Crippen molar-refractivity contribution in [2.45, 2.75) is 46.1 Å². The molecule has 1 N–H and O–H groups in total. The maximum atomic E-state index is 9.90. The topological polar surface area (TPSA) is 37.3 Å². The molecule has 70 valence electrons. The maximum absolute atomic E-state index is 9.90. The standard InChI is InChI=1S/C10H18O2/c1-4-7-10(2,3)9(12)6-5-8-11/h5,9,12H,4,6-7H2,1-3H3. The minimum atomic E-state index is -0.432. The Balaban J connectivity index is 4.03. The van der Waals surface area contributed by atoms with E-state index in [1.807, 2.05) is 13.8 Å². The van der Waals surface area contributed by atoms with E-state index in [9.17, 15) is 9.90 Å². The Morgan fingerprint density at radius 3 is 2.58 bits per heavy atom. The van der Waals surface area contributed by atoms with Crippen LogP contribution >= 0.6 is 0 Å². The van der Waals surface area contributed by atoms with Gasteiger partial charge in [0, 0.05) is 12.5 Å². The van der Waals surface area contributed by atoms with Gasteiger partial charge in [-0.05, 0) is 11.8 Å². The van der Waals surface area contributed by atoms with Crippen LogP contribution in [-0.2, 0) is 4.79 Å². The summed E-state index contributed by atoms with van der Waals surface area (Å²) in [7, 11) is 0. The lowest BCUT2D eigenvalue weighted by molar-refractivity contribution is 0.0463. The summed E-state index contributed by atoms with van der Waals surface area (Å²) >= 11 is 0. The fourth-order valence-corrected chi connectivity index (χ4v) is 1.29. The van der Waals surface area contributed by atoms with Crippen LogP contribution in [0.1, 0.15) is 40.0 Å². The van der Waals surface area contributed by atoms with Gasteiger partial charge in [-0.25, -0.2) is 4.79 Å². The Labute approximate surface area is 74.3 Å². The van der Waals surface area contributed by atoms with E-state index in [2.05, 4.69) is 6.92 Å². The smallest absolute Gasteiger partial charge is 0.120 e. The predicted octanol–water partition coefficient (Wildman–Crippen LogP) is 1.95. The van der Waals surface area contributed by atoms with E-state index in [-0.39, 0.29) is 5.41 Å². The van der Waals surface area contributed by atoms with Crippen LogP contribution in [0.25, 0.3) is 0 Å². The molecule has 0 aliphatic rings. The van der Waals surface area contributed by atoms with Gasteiger partial charge in [-0.3, -0.25) is 0 Å². The average Bonchev–Trinajstić information content (AvgIpc) is 2.00. The fourth-order valence-electron chi connectivity index (χ4n) is 1.29. The van der Waals surface area contributed by atoms with Crippen LogP contribution < -0.4 is 0 Å². The van der Waals surface area contributed by atoms with E-state index in [0.29, 0.717) is 6.42 Å². The zero-order chi connectivity index (χ0) is 9.61. The summed E-state index contributed by atoms with van der Waals surface area (Å²) < 4.78 is 0. The lowest BCUT2D eigenvalue weighted by Crippen LogP contribution is -2.28. The normalized spacial score (nSPS) is 13.7. The van der Waals surface area contributed by atoms with E-state index < -0.39 is 6.10 Å².